The van der Waals surface area contributed by atoms with Gasteiger partial charge in [0.05, 0.1) is 38.5 Å². The molecule has 0 radical (unpaired) electrons. The van der Waals surface area contributed by atoms with Crippen molar-refractivity contribution in [3.05, 3.63) is 45.9 Å². The molecule has 0 saturated carbocycles. The second-order valence-corrected chi connectivity index (χ2v) is 8.82. The molecule has 2 rings (SSSR count). The number of hydrogen-bond donors (Lipinski definition) is 1. The molecular weight excluding hydrogens is 504 g/mol. The summed E-state index contributed by atoms with van der Waals surface area (Å²) in [5.74, 6) is 0.877. The third kappa shape index (κ3) is 11.3. The van der Waals surface area contributed by atoms with E-state index in [0.29, 0.717) is 54.3 Å². The minimum absolute atomic E-state index is 0.124. The van der Waals surface area contributed by atoms with Crippen molar-refractivity contribution in [3.8, 4) is 5.75 Å². The maximum Gasteiger partial charge on any atom is 0.339 e. The normalized spacial score (nSPS) is 16.1. The number of rotatable bonds is 19. The summed E-state index contributed by atoms with van der Waals surface area (Å²) in [6.45, 7) is 9.29. The number of ether oxygens (including phenoxy) is 3. The molecule has 37 heavy (non-hydrogen) atoms. The fourth-order valence-electron chi connectivity index (χ4n) is 3.13. The highest BCUT2D eigenvalue weighted by Crippen LogP contribution is 2.24. The molecule has 1 amide bonds. The van der Waals surface area contributed by atoms with Crippen LogP contribution in [0.3, 0.4) is 0 Å². The van der Waals surface area contributed by atoms with E-state index in [1.807, 2.05) is 6.92 Å². The van der Waals surface area contributed by atoms with Crippen LogP contribution >= 0.6 is 11.8 Å². The van der Waals surface area contributed by atoms with Crippen molar-refractivity contribution < 1.29 is 28.3 Å². The van der Waals surface area contributed by atoms with Crippen LogP contribution in [0.15, 0.2) is 49.3 Å². The molecule has 0 aliphatic carbocycles. The number of nitrogens with zero attached hydrogens (tertiary/aromatic N) is 3. The van der Waals surface area contributed by atoms with Crippen LogP contribution in [0, 0.1) is 4.91 Å². The van der Waals surface area contributed by atoms with E-state index in [4.69, 9.17) is 23.5 Å². The van der Waals surface area contributed by atoms with Crippen molar-refractivity contribution in [2.45, 2.75) is 38.8 Å². The second-order valence-electron chi connectivity index (χ2n) is 7.81. The van der Waals surface area contributed by atoms with E-state index < -0.39 is 17.7 Å². The van der Waals surface area contributed by atoms with Gasteiger partial charge in [-0.2, -0.15) is 4.91 Å². The number of nitrogens with one attached hydrogen (secondary N) is 1. The lowest BCUT2D eigenvalue weighted by Crippen LogP contribution is -2.37. The molecule has 2 atom stereocenters. The summed E-state index contributed by atoms with van der Waals surface area (Å²) in [5, 5.41) is 10.3. The van der Waals surface area contributed by atoms with Gasteiger partial charge in [-0.15, -0.1) is 11.8 Å². The number of nitroso groups, excluding NO2 is 1. The number of carbonyl (C=O) groups excluding carboxylic acids is 1. The summed E-state index contributed by atoms with van der Waals surface area (Å²) >= 11 is 1.42. The first-order valence-corrected chi connectivity index (χ1v) is 13.0. The zero-order valence-electron chi connectivity index (χ0n) is 21.2. The molecule has 0 fully saturated rings. The lowest BCUT2D eigenvalue weighted by Gasteiger charge is -2.19. The molecule has 0 spiro atoms. The van der Waals surface area contributed by atoms with Gasteiger partial charge in [0.2, 0.25) is 5.91 Å². The van der Waals surface area contributed by atoms with E-state index in [2.05, 4.69) is 27.2 Å². The minimum atomic E-state index is -0.603. The summed E-state index contributed by atoms with van der Waals surface area (Å²) < 4.78 is 21.3. The maximum atomic E-state index is 12.9. The number of carbonyl (C=O) groups is 1. The lowest BCUT2D eigenvalue weighted by atomic mass is 10.1. The molecule has 2 heterocycles. The molecule has 1 aromatic rings. The van der Waals surface area contributed by atoms with Gasteiger partial charge < -0.3 is 28.8 Å². The number of oxime groups is 1. The van der Waals surface area contributed by atoms with Crippen molar-refractivity contribution in [1.29, 1.82) is 0 Å². The molecule has 1 aliphatic heterocycles. The third-order valence-electron chi connectivity index (χ3n) is 4.85. The van der Waals surface area contributed by atoms with Crippen LogP contribution in [0.1, 0.15) is 38.5 Å². The van der Waals surface area contributed by atoms with Crippen molar-refractivity contribution in [2.24, 2.45) is 15.3 Å². The van der Waals surface area contributed by atoms with Crippen LogP contribution in [0.25, 0.3) is 0 Å². The van der Waals surface area contributed by atoms with Gasteiger partial charge in [-0.3, -0.25) is 9.79 Å². The highest BCUT2D eigenvalue weighted by molar-refractivity contribution is 8.16. The minimum Gasteiger partial charge on any atom is -0.489 e. The fourth-order valence-corrected chi connectivity index (χ4v) is 4.12. The van der Waals surface area contributed by atoms with Crippen LogP contribution in [0.5, 0.6) is 5.75 Å². The standard InChI is InChI=1S/C24H34N4O8S/c1-4-6-19(21-14-18(34-8-5-2)15-22(29)36-21)26-23(30)20-16-37-24(27-20)17(3)28-35-13-12-33-11-10-32-9-7-25-31/h5,14-15,19-20H,2,4,6-13,16H2,1,3H3,(H,26,30)/b28-17+. The Morgan fingerprint density at radius 1 is 1.30 bits per heavy atom. The number of aliphatic imine (C=N–C) groups is 1. The van der Waals surface area contributed by atoms with Gasteiger partial charge in [-0.25, -0.2) is 4.79 Å². The highest BCUT2D eigenvalue weighted by Gasteiger charge is 2.29. The molecule has 0 bridgehead atoms. The van der Waals surface area contributed by atoms with Crippen molar-refractivity contribution in [2.75, 3.05) is 51.9 Å². The molecule has 1 aromatic heterocycles. The Morgan fingerprint density at radius 3 is 2.78 bits per heavy atom. The Bertz CT molecular complexity index is 997. The molecule has 2 unspecified atom stereocenters. The zero-order chi connectivity index (χ0) is 26.9. The van der Waals surface area contributed by atoms with E-state index in [9.17, 15) is 14.5 Å². The van der Waals surface area contributed by atoms with E-state index >= 15 is 0 Å². The topological polar surface area (TPSA) is 150 Å². The Labute approximate surface area is 219 Å². The third-order valence-corrected chi connectivity index (χ3v) is 6.01. The van der Waals surface area contributed by atoms with Crippen LogP contribution in [0.4, 0.5) is 0 Å². The smallest absolute Gasteiger partial charge is 0.339 e. The van der Waals surface area contributed by atoms with Crippen molar-refractivity contribution in [1.82, 2.24) is 5.32 Å². The van der Waals surface area contributed by atoms with E-state index in [0.717, 1.165) is 6.42 Å². The lowest BCUT2D eigenvalue weighted by molar-refractivity contribution is -0.122. The first-order valence-electron chi connectivity index (χ1n) is 12.0. The number of thioether (sulfide) groups is 1. The summed E-state index contributed by atoms with van der Waals surface area (Å²) in [6.07, 6.45) is 2.92. The quantitative estimate of drug-likeness (QED) is 0.0922. The van der Waals surface area contributed by atoms with Gasteiger partial charge >= 0.3 is 5.63 Å². The first kappa shape index (κ1) is 30.2. The number of amides is 1. The summed E-state index contributed by atoms with van der Waals surface area (Å²) in [4.78, 5) is 44.6. The SMILES string of the molecule is C=CCOc1cc(C(CCC)NC(=O)C2CSC(/C(C)=N/OCCOCCOCCN=O)=N2)oc(=O)c1. The number of hydrogen-bond acceptors (Lipinski definition) is 12. The predicted molar refractivity (Wildman–Crippen MR) is 142 cm³/mol. The first-order chi connectivity index (χ1) is 18.0. The molecular formula is C24H34N4O8S. The molecule has 1 N–H and O–H groups in total. The second kappa shape index (κ2) is 17.4. The summed E-state index contributed by atoms with van der Waals surface area (Å²) in [6, 6.07) is 1.77. The Balaban J connectivity index is 1.85. The van der Waals surface area contributed by atoms with Crippen LogP contribution in [-0.2, 0) is 19.1 Å². The van der Waals surface area contributed by atoms with E-state index in [-0.39, 0.29) is 32.3 Å². The van der Waals surface area contributed by atoms with Crippen LogP contribution in [0.2, 0.25) is 0 Å². The maximum absolute atomic E-state index is 12.9. The average molecular weight is 539 g/mol. The van der Waals surface area contributed by atoms with Gasteiger partial charge in [-0.05, 0) is 13.3 Å². The molecule has 13 heteroatoms. The molecule has 12 nitrogen and oxygen atoms in total. The predicted octanol–water partition coefficient (Wildman–Crippen LogP) is 2.87. The molecule has 0 saturated heterocycles. The Hall–Kier alpha value is -3.03. The van der Waals surface area contributed by atoms with Crippen molar-refractivity contribution in [3.63, 3.8) is 0 Å². The monoisotopic (exact) mass is 538 g/mol. The molecule has 204 valence electrons. The molecule has 0 aromatic carbocycles. The molecule has 1 aliphatic rings. The average Bonchev–Trinajstić information content (AvgIpc) is 3.38. The van der Waals surface area contributed by atoms with Crippen LogP contribution in [-0.4, -0.2) is 74.6 Å². The van der Waals surface area contributed by atoms with E-state index in [1.54, 1.807) is 19.1 Å². The fraction of sp³-hybridized carbons (Fsp3) is 0.583. The van der Waals surface area contributed by atoms with E-state index in [1.165, 1.54) is 17.8 Å². The van der Waals surface area contributed by atoms with Gasteiger partial charge in [-0.1, -0.05) is 36.3 Å². The van der Waals surface area contributed by atoms with Gasteiger partial charge in [0.15, 0.2) is 0 Å². The summed E-state index contributed by atoms with van der Waals surface area (Å²) in [7, 11) is 0. The largest absolute Gasteiger partial charge is 0.489 e. The van der Waals surface area contributed by atoms with Crippen molar-refractivity contribution >= 4 is 28.4 Å². The Kier molecular flexibility index (Phi) is 14.2. The van der Waals surface area contributed by atoms with Crippen LogP contribution < -0.4 is 15.7 Å². The highest BCUT2D eigenvalue weighted by atomic mass is 32.2. The van der Waals surface area contributed by atoms with Gasteiger partial charge in [0.1, 0.15) is 48.1 Å². The Morgan fingerprint density at radius 2 is 2.05 bits per heavy atom. The zero-order valence-corrected chi connectivity index (χ0v) is 22.0. The van der Waals surface area contributed by atoms with Gasteiger partial charge in [0, 0.05) is 11.8 Å². The summed E-state index contributed by atoms with van der Waals surface area (Å²) in [5.41, 5.74) is 0.00882. The van der Waals surface area contributed by atoms with Gasteiger partial charge in [0.25, 0.3) is 0 Å².